The van der Waals surface area contributed by atoms with Crippen molar-refractivity contribution >= 4 is 40.1 Å². The lowest BCUT2D eigenvalue weighted by atomic mass is 9.48. The Morgan fingerprint density at radius 1 is 0.653 bits per heavy atom. The summed E-state index contributed by atoms with van der Waals surface area (Å²) in [5.74, 6) is 8.18. The topological polar surface area (TPSA) is 234 Å². The third kappa shape index (κ3) is 8.25. The van der Waals surface area contributed by atoms with Gasteiger partial charge in [0.15, 0.2) is 45.2 Å². The van der Waals surface area contributed by atoms with E-state index in [0.29, 0.717) is 12.8 Å². The molecule has 4 aromatic rings. The van der Waals surface area contributed by atoms with Gasteiger partial charge in [-0.15, -0.1) is 12.8 Å². The molecule has 8 bridgehead atoms. The van der Waals surface area contributed by atoms with Gasteiger partial charge < -0.3 is 40.6 Å². The minimum atomic E-state index is -1.64. The lowest BCUT2D eigenvalue weighted by molar-refractivity contribution is -0.110. The van der Waals surface area contributed by atoms with Gasteiger partial charge in [0.25, 0.3) is 0 Å². The largest absolute Gasteiger partial charge is 0.508 e. The van der Waals surface area contributed by atoms with Crippen LogP contribution in [0.5, 0.6) is 0 Å². The fraction of sp³-hybridized carbons (Fsp3) is 0.717. The zero-order valence-corrected chi connectivity index (χ0v) is 40.7. The summed E-state index contributed by atoms with van der Waals surface area (Å²) in [7, 11) is 0. The summed E-state index contributed by atoms with van der Waals surface area (Å²) in [6, 6.07) is 0. The van der Waals surface area contributed by atoms with Crippen molar-refractivity contribution < 1.29 is 42.7 Å². The third-order valence-electron chi connectivity index (χ3n) is 19.3. The van der Waals surface area contributed by atoms with Gasteiger partial charge in [0, 0.05) is 24.7 Å². The maximum Gasteiger partial charge on any atom is 0.508 e. The van der Waals surface area contributed by atoms with Crippen LogP contribution in [-0.4, -0.2) is 92.0 Å². The second-order valence-electron chi connectivity index (χ2n) is 23.8. The number of aromatic nitrogens is 8. The van der Waals surface area contributed by atoms with Gasteiger partial charge in [-0.2, -0.15) is 28.7 Å². The van der Waals surface area contributed by atoms with E-state index in [2.05, 4.69) is 41.7 Å². The molecule has 0 aromatic carbocycles. The maximum absolute atomic E-state index is 14.9. The van der Waals surface area contributed by atoms with Crippen LogP contribution in [0.3, 0.4) is 0 Å². The summed E-state index contributed by atoms with van der Waals surface area (Å²) < 4.78 is 58.6. The average molecular weight is 993 g/mol. The van der Waals surface area contributed by atoms with Gasteiger partial charge in [0.2, 0.25) is 0 Å². The molecule has 2 unspecified atom stereocenters. The first-order valence-electron chi connectivity index (χ1n) is 26.4. The number of aliphatic hydroxyl groups excluding tert-OH is 2. The van der Waals surface area contributed by atoms with Crippen molar-refractivity contribution in [2.24, 2.45) is 58.2 Å². The first-order chi connectivity index (χ1) is 34.7. The van der Waals surface area contributed by atoms with E-state index < -0.39 is 79.2 Å². The van der Waals surface area contributed by atoms with Gasteiger partial charge in [-0.05, 0) is 162 Å². The van der Waals surface area contributed by atoms with E-state index in [0.717, 1.165) is 61.2 Å². The smallest absolute Gasteiger partial charge is 0.431 e. The van der Waals surface area contributed by atoms with Crippen LogP contribution >= 0.6 is 0 Å². The van der Waals surface area contributed by atoms with Crippen molar-refractivity contribution in [2.45, 2.75) is 164 Å². The minimum absolute atomic E-state index is 0.0901. The van der Waals surface area contributed by atoms with Crippen molar-refractivity contribution in [3.05, 3.63) is 24.8 Å². The Kier molecular flexibility index (Phi) is 12.0. The molecule has 8 atom stereocenters. The Hall–Kier alpha value is -5.21. The van der Waals surface area contributed by atoms with Gasteiger partial charge in [0.05, 0.1) is 25.9 Å². The van der Waals surface area contributed by atoms with Crippen molar-refractivity contribution in [3.8, 4) is 24.7 Å². The summed E-state index contributed by atoms with van der Waals surface area (Å²) in [6.45, 7) is -1.21. The highest BCUT2D eigenvalue weighted by Gasteiger charge is 2.57. The molecule has 10 fully saturated rings. The number of aliphatic hydroxyl groups is 2. The van der Waals surface area contributed by atoms with Crippen LogP contribution in [0.15, 0.2) is 12.7 Å². The first kappa shape index (κ1) is 47.8. The molecule has 8 saturated carbocycles. The predicted molar refractivity (Wildman–Crippen MR) is 257 cm³/mol. The molecule has 19 heteroatoms. The van der Waals surface area contributed by atoms with E-state index in [1.807, 2.05) is 0 Å². The van der Waals surface area contributed by atoms with Crippen LogP contribution in [0, 0.1) is 95.0 Å². The summed E-state index contributed by atoms with van der Waals surface area (Å²) in [5.41, 5.74) is 9.81. The predicted octanol–water partition coefficient (Wildman–Crippen LogP) is 7.57. The molecule has 0 spiro atoms. The molecule has 0 radical (unpaired) electrons. The zero-order chi connectivity index (χ0) is 49.7. The van der Waals surface area contributed by atoms with Crippen LogP contribution in [0.4, 0.5) is 25.2 Å². The number of hydrogen-bond acceptors (Lipinski definition) is 15. The molecular weight excluding hydrogens is 927 g/mol. The number of nitrogens with zero attached hydrogens (tertiary/aromatic N) is 8. The number of anilines is 2. The number of carbonyl (C=O) groups is 1. The van der Waals surface area contributed by atoms with E-state index in [9.17, 15) is 23.8 Å². The molecule has 14 rings (SSSR count). The summed E-state index contributed by atoms with van der Waals surface area (Å²) >= 11 is 0. The van der Waals surface area contributed by atoms with Gasteiger partial charge in [0.1, 0.15) is 24.7 Å². The average Bonchev–Trinajstić information content (AvgIpc) is 4.13. The van der Waals surface area contributed by atoms with Crippen LogP contribution < -0.4 is 11.5 Å². The number of fused-ring (bicyclic) bond motifs is 2. The highest BCUT2D eigenvalue weighted by molar-refractivity contribution is 5.82. The van der Waals surface area contributed by atoms with E-state index >= 15 is 0 Å². The zero-order valence-electron chi connectivity index (χ0n) is 40.7. The van der Waals surface area contributed by atoms with Crippen LogP contribution in [0.2, 0.25) is 0 Å². The SMILES string of the molecule is C#C[C@]1(CO)O[C@@H](n2cnc3c(N)nc(F)nc32)C[C@H]1C(CCCC12CC3CC(CC(C3)C1)C2)OC(=O)OC(CCCC12CC3CC(CC(C3)C1)C2)[C@@H]1C[C@H](n2cnc3c(N)nc(F)nc32)O[C@]1(C#C)CO. The fourth-order valence-corrected chi connectivity index (χ4v) is 17.3. The van der Waals surface area contributed by atoms with E-state index in [1.54, 1.807) is 0 Å². The second kappa shape index (κ2) is 18.0. The standard InChI is InChI=1S/C53H66F2N10O7/c1-3-52(25-66)35(17-39(71-52)64-27-58-41-43(56)60-47(54)62-45(41)64)37(7-5-9-50-19-29-11-30(20-50)13-31(12-29)21-50)69-49(68)70-38(8-6-10-51-22-32-14-33(23-51)16-34(15-32)24-51)36-18-40(72-53(36,4-2)26-67)65-28-59-42-44(57)61-48(55)63-46(42)65/h1-2,27-40,66-67H,5-26H2,(H2,56,60,62)(H2,57,61,63)/t29?,30?,31?,32?,33?,34?,35-,36-,37?,38?,39+,40+,50?,51?,52+,53+/m0/s1. The molecule has 2 saturated heterocycles. The number of hydrogen-bond donors (Lipinski definition) is 4. The summed E-state index contributed by atoms with van der Waals surface area (Å²) in [6.07, 6.45) is 28.4. The molecule has 17 nitrogen and oxygen atoms in total. The maximum atomic E-state index is 14.9. The summed E-state index contributed by atoms with van der Waals surface area (Å²) in [5, 5.41) is 22.4. The van der Waals surface area contributed by atoms with Crippen molar-refractivity contribution in [3.63, 3.8) is 0 Å². The third-order valence-corrected chi connectivity index (χ3v) is 19.3. The number of nitrogen functional groups attached to an aromatic ring is 2. The second-order valence-corrected chi connectivity index (χ2v) is 23.8. The van der Waals surface area contributed by atoms with E-state index in [4.69, 9.17) is 43.3 Å². The molecule has 8 aliphatic carbocycles. The Morgan fingerprint density at radius 2 is 1.01 bits per heavy atom. The number of imidazole rings is 2. The van der Waals surface area contributed by atoms with Gasteiger partial charge in [-0.25, -0.2) is 14.8 Å². The van der Waals surface area contributed by atoms with Gasteiger partial charge in [-0.1, -0.05) is 11.8 Å². The van der Waals surface area contributed by atoms with Gasteiger partial charge in [-0.3, -0.25) is 9.13 Å². The Bertz CT molecular complexity index is 2570. The number of terminal acetylenes is 2. The number of halogens is 2. The summed E-state index contributed by atoms with van der Waals surface area (Å²) in [4.78, 5) is 38.8. The monoisotopic (exact) mass is 993 g/mol. The fourth-order valence-electron chi connectivity index (χ4n) is 17.3. The molecule has 0 amide bonds. The van der Waals surface area contributed by atoms with E-state index in [-0.39, 0.29) is 57.6 Å². The first-order valence-corrected chi connectivity index (χ1v) is 26.4. The minimum Gasteiger partial charge on any atom is -0.431 e. The molecule has 72 heavy (non-hydrogen) atoms. The molecule has 384 valence electrons. The van der Waals surface area contributed by atoms with Crippen molar-refractivity contribution in [2.75, 3.05) is 24.7 Å². The van der Waals surface area contributed by atoms with Crippen molar-refractivity contribution in [1.29, 1.82) is 0 Å². The van der Waals surface area contributed by atoms with Crippen molar-refractivity contribution in [1.82, 2.24) is 39.0 Å². The number of rotatable bonds is 16. The highest BCUT2D eigenvalue weighted by atomic mass is 19.1. The number of nitrogens with two attached hydrogens (primary N) is 2. The van der Waals surface area contributed by atoms with Crippen LogP contribution in [0.25, 0.3) is 22.3 Å². The normalized spacial score (nSPS) is 38.1. The van der Waals surface area contributed by atoms with Gasteiger partial charge >= 0.3 is 18.3 Å². The Morgan fingerprint density at radius 3 is 1.35 bits per heavy atom. The number of ether oxygens (including phenoxy) is 4. The van der Waals surface area contributed by atoms with E-state index in [1.165, 1.54) is 98.8 Å². The molecule has 10 aliphatic rings. The highest BCUT2D eigenvalue weighted by Crippen LogP contribution is 2.63. The molecule has 2 aliphatic heterocycles. The Labute approximate surface area is 417 Å². The lowest BCUT2D eigenvalue weighted by Crippen LogP contribution is -2.48. The molecular formula is C53H66F2N10O7. The molecule has 6 N–H and O–H groups in total. The lowest BCUT2D eigenvalue weighted by Gasteiger charge is -2.57. The van der Waals surface area contributed by atoms with Crippen LogP contribution in [0.1, 0.15) is 141 Å². The molecule has 4 aromatic heterocycles. The van der Waals surface area contributed by atoms with Crippen LogP contribution in [-0.2, 0) is 18.9 Å². The number of carbonyl (C=O) groups excluding carboxylic acids is 1. The Balaban J connectivity index is 0.849. The quantitative estimate of drug-likeness (QED) is 0.0482. The molecule has 6 heterocycles.